The number of esters is 1. The number of likely N-dealkylation sites (N-methyl/N-ethyl adjacent to an activating group) is 1. The van der Waals surface area contributed by atoms with Crippen LogP contribution in [0.3, 0.4) is 0 Å². The van der Waals surface area contributed by atoms with Crippen LogP contribution < -0.4 is 0 Å². The number of ether oxygens (including phenoxy) is 1. The molecule has 0 spiro atoms. The summed E-state index contributed by atoms with van der Waals surface area (Å²) in [5.41, 5.74) is 0.804. The Labute approximate surface area is 148 Å². The highest BCUT2D eigenvalue weighted by atomic mass is 79.9. The Morgan fingerprint density at radius 3 is 2.50 bits per heavy atom. The quantitative estimate of drug-likeness (QED) is 0.680. The molecule has 0 bridgehead atoms. The van der Waals surface area contributed by atoms with Gasteiger partial charge in [-0.2, -0.15) is 4.31 Å². The van der Waals surface area contributed by atoms with Crippen LogP contribution in [0.25, 0.3) is 0 Å². The molecule has 24 heavy (non-hydrogen) atoms. The van der Waals surface area contributed by atoms with E-state index in [9.17, 15) is 17.6 Å². The smallest absolute Gasteiger partial charge is 0.321 e. The van der Waals surface area contributed by atoms with Crippen molar-refractivity contribution in [2.75, 3.05) is 13.6 Å². The first-order valence-corrected chi connectivity index (χ1v) is 9.15. The zero-order valence-electron chi connectivity index (χ0n) is 12.8. The lowest BCUT2D eigenvalue weighted by atomic mass is 10.2. The minimum absolute atomic E-state index is 0.0311. The third-order valence-corrected chi connectivity index (χ3v) is 5.60. The molecule has 0 aliphatic carbocycles. The summed E-state index contributed by atoms with van der Waals surface area (Å²) in [7, 11) is -2.66. The molecule has 0 atom stereocenters. The maximum absolute atomic E-state index is 13.2. The van der Waals surface area contributed by atoms with E-state index in [1.165, 1.54) is 7.05 Å². The number of benzene rings is 2. The molecule has 0 aliphatic rings. The van der Waals surface area contributed by atoms with Crippen LogP contribution in [-0.4, -0.2) is 32.3 Å². The van der Waals surface area contributed by atoms with Crippen molar-refractivity contribution in [1.29, 1.82) is 0 Å². The van der Waals surface area contributed by atoms with Gasteiger partial charge in [0.25, 0.3) is 0 Å². The number of hydrogen-bond acceptors (Lipinski definition) is 4. The van der Waals surface area contributed by atoms with Gasteiger partial charge in [-0.05, 0) is 39.7 Å². The van der Waals surface area contributed by atoms with E-state index in [0.717, 1.165) is 28.1 Å². The second-order valence-electron chi connectivity index (χ2n) is 4.98. The van der Waals surface area contributed by atoms with Crippen molar-refractivity contribution >= 4 is 31.9 Å². The van der Waals surface area contributed by atoms with E-state index < -0.39 is 28.4 Å². The predicted octanol–water partition coefficient (Wildman–Crippen LogP) is 2.95. The fourth-order valence-electron chi connectivity index (χ4n) is 1.87. The van der Waals surface area contributed by atoms with Gasteiger partial charge in [-0.15, -0.1) is 0 Å². The van der Waals surface area contributed by atoms with E-state index in [4.69, 9.17) is 4.74 Å². The third kappa shape index (κ3) is 4.62. The number of nitrogens with zero attached hydrogens (tertiary/aromatic N) is 1. The zero-order valence-corrected chi connectivity index (χ0v) is 15.2. The topological polar surface area (TPSA) is 63.7 Å². The molecule has 2 rings (SSSR count). The van der Waals surface area contributed by atoms with Crippen LogP contribution in [0.15, 0.2) is 57.9 Å². The highest BCUT2D eigenvalue weighted by Gasteiger charge is 2.24. The Balaban J connectivity index is 2.00. The number of carbonyl (C=O) groups is 1. The summed E-state index contributed by atoms with van der Waals surface area (Å²) >= 11 is 2.94. The third-order valence-electron chi connectivity index (χ3n) is 3.19. The highest BCUT2D eigenvalue weighted by Crippen LogP contribution is 2.22. The molecule has 0 radical (unpaired) electrons. The van der Waals surface area contributed by atoms with Crippen LogP contribution in [0.2, 0.25) is 0 Å². The van der Waals surface area contributed by atoms with E-state index >= 15 is 0 Å². The number of rotatable bonds is 6. The van der Waals surface area contributed by atoms with Gasteiger partial charge in [-0.25, -0.2) is 12.8 Å². The first-order chi connectivity index (χ1) is 11.3. The van der Waals surface area contributed by atoms with Crippen molar-refractivity contribution in [2.24, 2.45) is 0 Å². The monoisotopic (exact) mass is 415 g/mol. The van der Waals surface area contributed by atoms with E-state index in [2.05, 4.69) is 15.9 Å². The number of halogens is 2. The summed E-state index contributed by atoms with van der Waals surface area (Å²) in [6.45, 7) is -0.375. The molecule has 2 aromatic carbocycles. The lowest BCUT2D eigenvalue weighted by molar-refractivity contribution is -0.144. The molecule has 0 saturated heterocycles. The van der Waals surface area contributed by atoms with Gasteiger partial charge in [0.05, 0.1) is 9.37 Å². The molecule has 128 valence electrons. The van der Waals surface area contributed by atoms with Gasteiger partial charge >= 0.3 is 5.97 Å². The molecule has 8 heteroatoms. The Bertz CT molecular complexity index is 827. The van der Waals surface area contributed by atoms with Crippen molar-refractivity contribution < 1.29 is 22.3 Å². The van der Waals surface area contributed by atoms with Gasteiger partial charge in [-0.3, -0.25) is 4.79 Å². The molecular weight excluding hydrogens is 401 g/mol. The fourth-order valence-corrected chi connectivity index (χ4v) is 3.54. The molecule has 0 unspecified atom stereocenters. The van der Waals surface area contributed by atoms with Crippen molar-refractivity contribution in [3.63, 3.8) is 0 Å². The standard InChI is InChI=1S/C16H15BrFNO4S/c1-19(10-16(20)23-11-12-5-3-2-4-6-12)24(21,22)13-7-8-15(18)14(17)9-13/h2-9H,10-11H2,1H3. The summed E-state index contributed by atoms with van der Waals surface area (Å²) < 4.78 is 43.9. The van der Waals surface area contributed by atoms with Crippen molar-refractivity contribution in [2.45, 2.75) is 11.5 Å². The zero-order chi connectivity index (χ0) is 17.7. The summed E-state index contributed by atoms with van der Waals surface area (Å²) in [5, 5.41) is 0. The predicted molar refractivity (Wildman–Crippen MR) is 90.2 cm³/mol. The van der Waals surface area contributed by atoms with Gasteiger partial charge in [0.15, 0.2) is 0 Å². The Morgan fingerprint density at radius 2 is 1.88 bits per heavy atom. The summed E-state index contributed by atoms with van der Waals surface area (Å²) in [4.78, 5) is 11.7. The number of hydrogen-bond donors (Lipinski definition) is 0. The molecule has 0 aromatic heterocycles. The van der Waals surface area contributed by atoms with Gasteiger partial charge in [-0.1, -0.05) is 30.3 Å². The first-order valence-electron chi connectivity index (χ1n) is 6.91. The minimum Gasteiger partial charge on any atom is -0.460 e. The first kappa shape index (κ1) is 18.6. The van der Waals surface area contributed by atoms with Gasteiger partial charge in [0.1, 0.15) is 19.0 Å². The second kappa shape index (κ2) is 7.87. The van der Waals surface area contributed by atoms with Crippen molar-refractivity contribution in [3.8, 4) is 0 Å². The number of carbonyl (C=O) groups excluding carboxylic acids is 1. The Morgan fingerprint density at radius 1 is 1.21 bits per heavy atom. The second-order valence-corrected chi connectivity index (χ2v) is 7.88. The fraction of sp³-hybridized carbons (Fsp3) is 0.188. The summed E-state index contributed by atoms with van der Waals surface area (Å²) in [6.07, 6.45) is 0. The molecule has 0 fully saturated rings. The van der Waals surface area contributed by atoms with E-state index in [1.54, 1.807) is 12.1 Å². The molecule has 2 aromatic rings. The number of sulfonamides is 1. The van der Waals surface area contributed by atoms with E-state index in [-0.39, 0.29) is 16.0 Å². The molecule has 0 saturated carbocycles. The highest BCUT2D eigenvalue weighted by molar-refractivity contribution is 9.10. The summed E-state index contributed by atoms with van der Waals surface area (Å²) in [5.74, 6) is -1.25. The Hall–Kier alpha value is -1.77. The molecule has 0 amide bonds. The van der Waals surface area contributed by atoms with Gasteiger partial charge in [0.2, 0.25) is 10.0 Å². The molecule has 0 heterocycles. The lowest BCUT2D eigenvalue weighted by Gasteiger charge is -2.16. The normalized spacial score (nSPS) is 11.5. The molecular formula is C16H15BrFNO4S. The van der Waals surface area contributed by atoms with Crippen molar-refractivity contribution in [1.82, 2.24) is 4.31 Å². The van der Waals surface area contributed by atoms with Crippen molar-refractivity contribution in [3.05, 3.63) is 64.4 Å². The van der Waals surface area contributed by atoms with Crippen LogP contribution in [-0.2, 0) is 26.2 Å². The maximum Gasteiger partial charge on any atom is 0.321 e. The Kier molecular flexibility index (Phi) is 6.09. The molecule has 0 aliphatic heterocycles. The van der Waals surface area contributed by atoms with Gasteiger partial charge in [0, 0.05) is 7.05 Å². The average molecular weight is 416 g/mol. The lowest BCUT2D eigenvalue weighted by Crippen LogP contribution is -2.33. The van der Waals surface area contributed by atoms with E-state index in [0.29, 0.717) is 0 Å². The van der Waals surface area contributed by atoms with Gasteiger partial charge < -0.3 is 4.74 Å². The van der Waals surface area contributed by atoms with E-state index in [1.807, 2.05) is 18.2 Å². The summed E-state index contributed by atoms with van der Waals surface area (Å²) in [6, 6.07) is 12.4. The largest absolute Gasteiger partial charge is 0.460 e. The molecule has 0 N–H and O–H groups in total. The SMILES string of the molecule is CN(CC(=O)OCc1ccccc1)S(=O)(=O)c1ccc(F)c(Br)c1. The van der Waals surface area contributed by atoms with Crippen LogP contribution >= 0.6 is 15.9 Å². The van der Waals surface area contributed by atoms with Crippen LogP contribution in [0, 0.1) is 5.82 Å². The van der Waals surface area contributed by atoms with Crippen LogP contribution in [0.5, 0.6) is 0 Å². The average Bonchev–Trinajstić information content (AvgIpc) is 2.56. The molecule has 5 nitrogen and oxygen atoms in total. The van der Waals surface area contributed by atoms with Crippen LogP contribution in [0.1, 0.15) is 5.56 Å². The maximum atomic E-state index is 13.2. The van der Waals surface area contributed by atoms with Crippen LogP contribution in [0.4, 0.5) is 4.39 Å². The minimum atomic E-state index is -3.92.